The van der Waals surface area contributed by atoms with E-state index in [0.717, 1.165) is 35.7 Å². The zero-order valence-electron chi connectivity index (χ0n) is 16.2. The summed E-state index contributed by atoms with van der Waals surface area (Å²) in [5.74, 6) is -1.83. The first-order valence-corrected chi connectivity index (χ1v) is 10.2. The highest BCUT2D eigenvalue weighted by atomic mass is 32.2. The van der Waals surface area contributed by atoms with E-state index in [9.17, 15) is 22.4 Å². The molecule has 0 bridgehead atoms. The Hall–Kier alpha value is -2.52. The summed E-state index contributed by atoms with van der Waals surface area (Å²) in [5, 5.41) is 0. The molecule has 1 aromatic carbocycles. The third kappa shape index (κ3) is 4.85. The van der Waals surface area contributed by atoms with Gasteiger partial charge in [0.15, 0.2) is 6.61 Å². The number of rotatable bonds is 8. The normalized spacial score (nSPS) is 12.6. The van der Waals surface area contributed by atoms with E-state index in [0.29, 0.717) is 12.1 Å². The van der Waals surface area contributed by atoms with Crippen LogP contribution in [0.4, 0.5) is 4.39 Å². The minimum Gasteiger partial charge on any atom is -0.456 e. The molecule has 0 saturated heterocycles. The monoisotopic (exact) mass is 410 g/mol. The second-order valence-electron chi connectivity index (χ2n) is 6.36. The van der Waals surface area contributed by atoms with Crippen LogP contribution in [0.15, 0.2) is 35.2 Å². The van der Waals surface area contributed by atoms with Crippen molar-refractivity contribution in [3.05, 3.63) is 53.1 Å². The number of Topliss-reactive ketones (excluding diaryl/α,β-unsaturated/α-hetero) is 1. The SMILES string of the molecule is CCn1c(C)cc(C(=O)COC(=O)[C@H](C)NS(=O)(=O)c2ccc(F)cc2)c1C. The average molecular weight is 410 g/mol. The van der Waals surface area contributed by atoms with Crippen molar-refractivity contribution in [2.75, 3.05) is 6.61 Å². The highest BCUT2D eigenvalue weighted by Gasteiger charge is 2.24. The van der Waals surface area contributed by atoms with Crippen LogP contribution in [0.2, 0.25) is 0 Å². The fraction of sp³-hybridized carbons (Fsp3) is 0.368. The van der Waals surface area contributed by atoms with Gasteiger partial charge in [-0.2, -0.15) is 4.72 Å². The van der Waals surface area contributed by atoms with Crippen molar-refractivity contribution in [1.82, 2.24) is 9.29 Å². The highest BCUT2D eigenvalue weighted by Crippen LogP contribution is 2.16. The number of aromatic nitrogens is 1. The Balaban J connectivity index is 1.99. The van der Waals surface area contributed by atoms with E-state index in [2.05, 4.69) is 4.72 Å². The molecule has 28 heavy (non-hydrogen) atoms. The Morgan fingerprint density at radius 2 is 1.82 bits per heavy atom. The predicted octanol–water partition coefficient (Wildman–Crippen LogP) is 2.36. The Labute approximate surface area is 163 Å². The second-order valence-corrected chi connectivity index (χ2v) is 8.07. The lowest BCUT2D eigenvalue weighted by atomic mass is 10.1. The standard InChI is InChI=1S/C19H23FN2O5S/c1-5-22-12(2)10-17(14(22)4)18(23)11-27-19(24)13(3)21-28(25,26)16-8-6-15(20)7-9-16/h6-10,13,21H,5,11H2,1-4H3/t13-/m0/s1. The summed E-state index contributed by atoms with van der Waals surface area (Å²) < 4.78 is 46.5. The minimum absolute atomic E-state index is 0.184. The van der Waals surface area contributed by atoms with E-state index >= 15 is 0 Å². The number of ether oxygens (including phenoxy) is 1. The second kappa shape index (κ2) is 8.66. The molecule has 0 fully saturated rings. The average Bonchev–Trinajstić information content (AvgIpc) is 2.93. The lowest BCUT2D eigenvalue weighted by molar-refractivity contribution is -0.144. The van der Waals surface area contributed by atoms with Gasteiger partial charge in [-0.3, -0.25) is 9.59 Å². The molecule has 0 aliphatic heterocycles. The number of hydrogen-bond acceptors (Lipinski definition) is 5. The van der Waals surface area contributed by atoms with Gasteiger partial charge in [-0.05, 0) is 58.0 Å². The molecule has 0 radical (unpaired) electrons. The molecule has 1 heterocycles. The molecule has 0 aliphatic carbocycles. The molecule has 0 saturated carbocycles. The van der Waals surface area contributed by atoms with Crippen LogP contribution in [0.5, 0.6) is 0 Å². The Morgan fingerprint density at radius 1 is 1.21 bits per heavy atom. The first-order valence-electron chi connectivity index (χ1n) is 8.71. The molecular weight excluding hydrogens is 387 g/mol. The van der Waals surface area contributed by atoms with Crippen LogP contribution in [0.1, 0.15) is 35.6 Å². The quantitative estimate of drug-likeness (QED) is 0.533. The largest absolute Gasteiger partial charge is 0.456 e. The Kier molecular flexibility index (Phi) is 6.73. The summed E-state index contributed by atoms with van der Waals surface area (Å²) in [6.07, 6.45) is 0. The van der Waals surface area contributed by atoms with Crippen molar-refractivity contribution in [3.63, 3.8) is 0 Å². The fourth-order valence-electron chi connectivity index (χ4n) is 2.87. The van der Waals surface area contributed by atoms with Crippen molar-refractivity contribution >= 4 is 21.8 Å². The maximum atomic E-state index is 12.9. The molecule has 2 rings (SSSR count). The van der Waals surface area contributed by atoms with E-state index in [1.165, 1.54) is 6.92 Å². The van der Waals surface area contributed by atoms with Gasteiger partial charge < -0.3 is 9.30 Å². The topological polar surface area (TPSA) is 94.5 Å². The van der Waals surface area contributed by atoms with Gasteiger partial charge in [0.05, 0.1) is 4.90 Å². The molecule has 2 aromatic rings. The zero-order chi connectivity index (χ0) is 21.1. The number of halogens is 1. The van der Waals surface area contributed by atoms with Crippen LogP contribution in [-0.4, -0.2) is 37.4 Å². The van der Waals surface area contributed by atoms with Gasteiger partial charge in [0.2, 0.25) is 15.8 Å². The van der Waals surface area contributed by atoms with Crippen molar-refractivity contribution in [3.8, 4) is 0 Å². The number of carbonyl (C=O) groups excluding carboxylic acids is 2. The van der Waals surface area contributed by atoms with Gasteiger partial charge in [-0.15, -0.1) is 0 Å². The van der Waals surface area contributed by atoms with Gasteiger partial charge >= 0.3 is 5.97 Å². The van der Waals surface area contributed by atoms with E-state index in [1.807, 2.05) is 25.3 Å². The summed E-state index contributed by atoms with van der Waals surface area (Å²) in [6.45, 7) is 7.18. The summed E-state index contributed by atoms with van der Waals surface area (Å²) in [7, 11) is -4.03. The first kappa shape index (κ1) is 21.8. The van der Waals surface area contributed by atoms with Crippen LogP contribution >= 0.6 is 0 Å². The van der Waals surface area contributed by atoms with Gasteiger partial charge in [-0.1, -0.05) is 0 Å². The molecular formula is C19H23FN2O5S. The Bertz CT molecular complexity index is 980. The number of benzene rings is 1. The van der Waals surface area contributed by atoms with Crippen molar-refractivity contribution in [1.29, 1.82) is 0 Å². The molecule has 7 nitrogen and oxygen atoms in total. The number of hydrogen-bond donors (Lipinski definition) is 1. The zero-order valence-corrected chi connectivity index (χ0v) is 17.0. The van der Waals surface area contributed by atoms with Gasteiger partial charge in [0, 0.05) is 23.5 Å². The number of sulfonamides is 1. The van der Waals surface area contributed by atoms with E-state index < -0.39 is 34.5 Å². The molecule has 1 N–H and O–H groups in total. The van der Waals surface area contributed by atoms with Gasteiger partial charge in [-0.25, -0.2) is 12.8 Å². The number of nitrogens with zero attached hydrogens (tertiary/aromatic N) is 1. The predicted molar refractivity (Wildman–Crippen MR) is 101 cm³/mol. The number of nitrogens with one attached hydrogen (secondary N) is 1. The molecule has 9 heteroatoms. The molecule has 0 unspecified atom stereocenters. The third-order valence-electron chi connectivity index (χ3n) is 4.35. The molecule has 152 valence electrons. The van der Waals surface area contributed by atoms with E-state index in [4.69, 9.17) is 4.74 Å². The minimum atomic E-state index is -4.03. The van der Waals surface area contributed by atoms with Gasteiger partial charge in [0.25, 0.3) is 0 Å². The van der Waals surface area contributed by atoms with Crippen LogP contribution in [0.3, 0.4) is 0 Å². The number of carbonyl (C=O) groups is 2. The summed E-state index contributed by atoms with van der Waals surface area (Å²) in [6, 6.07) is 4.69. The summed E-state index contributed by atoms with van der Waals surface area (Å²) in [5.41, 5.74) is 2.17. The third-order valence-corrected chi connectivity index (χ3v) is 5.90. The summed E-state index contributed by atoms with van der Waals surface area (Å²) >= 11 is 0. The fourth-order valence-corrected chi connectivity index (χ4v) is 4.06. The summed E-state index contributed by atoms with van der Waals surface area (Å²) in [4.78, 5) is 24.3. The molecule has 0 spiro atoms. The van der Waals surface area contributed by atoms with Crippen molar-refractivity contribution < 1.29 is 27.1 Å². The maximum absolute atomic E-state index is 12.9. The van der Waals surface area contributed by atoms with Crippen LogP contribution < -0.4 is 4.72 Å². The van der Waals surface area contributed by atoms with Crippen LogP contribution in [0.25, 0.3) is 0 Å². The molecule has 0 aliphatic rings. The lowest BCUT2D eigenvalue weighted by Crippen LogP contribution is -2.40. The highest BCUT2D eigenvalue weighted by molar-refractivity contribution is 7.89. The number of aryl methyl sites for hydroxylation is 1. The molecule has 1 aromatic heterocycles. The molecule has 0 amide bonds. The number of ketones is 1. The van der Waals surface area contributed by atoms with Crippen molar-refractivity contribution in [2.24, 2.45) is 0 Å². The van der Waals surface area contributed by atoms with E-state index in [-0.39, 0.29) is 10.7 Å². The number of esters is 1. The van der Waals surface area contributed by atoms with Crippen LogP contribution in [0, 0.1) is 19.7 Å². The van der Waals surface area contributed by atoms with Gasteiger partial charge in [0.1, 0.15) is 11.9 Å². The molecule has 1 atom stereocenters. The first-order chi connectivity index (χ1) is 13.1. The Morgan fingerprint density at radius 3 is 2.36 bits per heavy atom. The van der Waals surface area contributed by atoms with E-state index in [1.54, 1.807) is 6.07 Å². The van der Waals surface area contributed by atoms with Crippen molar-refractivity contribution in [2.45, 2.75) is 45.2 Å². The van der Waals surface area contributed by atoms with Crippen LogP contribution in [-0.2, 0) is 26.1 Å². The smallest absolute Gasteiger partial charge is 0.324 e. The maximum Gasteiger partial charge on any atom is 0.324 e. The lowest BCUT2D eigenvalue weighted by Gasteiger charge is -2.13.